The Morgan fingerprint density at radius 3 is 2.43 bits per heavy atom. The van der Waals surface area contributed by atoms with Crippen molar-refractivity contribution in [1.82, 2.24) is 14.1 Å². The third-order valence-corrected chi connectivity index (χ3v) is 6.68. The van der Waals surface area contributed by atoms with Crippen molar-refractivity contribution in [3.05, 3.63) is 10.4 Å². The van der Waals surface area contributed by atoms with E-state index in [0.29, 0.717) is 63.7 Å². The number of unbranched alkanes of at least 4 members (excludes halogenated alkanes) is 2. The van der Waals surface area contributed by atoms with Crippen molar-refractivity contribution >= 4 is 35.5 Å². The Kier molecular flexibility index (Phi) is 16.9. The average Bonchev–Trinajstić information content (AvgIpc) is 3.47. The molecule has 1 unspecified atom stereocenters. The number of azide groups is 1. The highest BCUT2D eigenvalue weighted by Crippen LogP contribution is 2.26. The second-order valence-corrected chi connectivity index (χ2v) is 11.6. The van der Waals surface area contributed by atoms with Crippen LogP contribution in [0.4, 0.5) is 5.82 Å². The van der Waals surface area contributed by atoms with Gasteiger partial charge >= 0.3 is 17.9 Å². The van der Waals surface area contributed by atoms with E-state index in [9.17, 15) is 14.4 Å². The van der Waals surface area contributed by atoms with Crippen molar-refractivity contribution < 1.29 is 38.1 Å². The highest BCUT2D eigenvalue weighted by Gasteiger charge is 2.29. The summed E-state index contributed by atoms with van der Waals surface area (Å²) in [4.78, 5) is 42.6. The molecule has 244 valence electrons. The van der Waals surface area contributed by atoms with Crippen molar-refractivity contribution in [3.63, 3.8) is 0 Å². The Hall–Kier alpha value is -3.64. The largest absolute Gasteiger partial charge is 0.470 e. The van der Waals surface area contributed by atoms with Crippen LogP contribution in [0, 0.1) is 18.3 Å². The summed E-state index contributed by atoms with van der Waals surface area (Å²) in [6.45, 7) is 8.19. The van der Waals surface area contributed by atoms with Crippen LogP contribution in [0.25, 0.3) is 10.4 Å². The Labute approximate surface area is 262 Å². The molecule has 1 aromatic rings. The lowest BCUT2D eigenvalue weighted by Crippen LogP contribution is -2.45. The van der Waals surface area contributed by atoms with Crippen LogP contribution in [0.3, 0.4) is 0 Å². The van der Waals surface area contributed by atoms with Crippen molar-refractivity contribution in [2.24, 2.45) is 11.0 Å². The number of anilines is 1. The summed E-state index contributed by atoms with van der Waals surface area (Å²) in [7, 11) is 0. The first kappa shape index (κ1) is 36.6. The minimum Gasteiger partial charge on any atom is -0.470 e. The van der Waals surface area contributed by atoms with Gasteiger partial charge in [-0.05, 0) is 45.6 Å². The fraction of sp³-hybridized carbons (Fsp3) is 0.750. The van der Waals surface area contributed by atoms with Crippen molar-refractivity contribution in [1.29, 1.82) is 0 Å². The lowest BCUT2D eigenvalue weighted by Gasteiger charge is -2.28. The predicted molar refractivity (Wildman–Crippen MR) is 162 cm³/mol. The van der Waals surface area contributed by atoms with Gasteiger partial charge in [-0.2, -0.15) is 4.37 Å². The summed E-state index contributed by atoms with van der Waals surface area (Å²) in [5, 5.41) is 6.74. The molecule has 0 spiro atoms. The van der Waals surface area contributed by atoms with E-state index in [1.807, 2.05) is 25.7 Å². The van der Waals surface area contributed by atoms with Crippen LogP contribution >= 0.6 is 11.7 Å². The van der Waals surface area contributed by atoms with Crippen LogP contribution < -0.4 is 15.0 Å². The summed E-state index contributed by atoms with van der Waals surface area (Å²) in [5.74, 6) is 0.550. The molecule has 2 heterocycles. The van der Waals surface area contributed by atoms with E-state index in [0.717, 1.165) is 11.7 Å². The zero-order valence-electron chi connectivity index (χ0n) is 25.7. The van der Waals surface area contributed by atoms with Crippen LogP contribution in [-0.2, 0) is 33.3 Å². The van der Waals surface area contributed by atoms with Crippen molar-refractivity contribution in [3.8, 4) is 18.2 Å². The average molecular weight is 638 g/mol. The Morgan fingerprint density at radius 1 is 1.11 bits per heavy atom. The summed E-state index contributed by atoms with van der Waals surface area (Å²) in [6, 6.07) is 0. The molecule has 1 aliphatic rings. The zero-order valence-corrected chi connectivity index (χ0v) is 26.5. The topological polar surface area (TPSA) is 187 Å². The third-order valence-electron chi connectivity index (χ3n) is 6.18. The minimum atomic E-state index is -1.07. The van der Waals surface area contributed by atoms with Crippen LogP contribution in [0.2, 0.25) is 0 Å². The van der Waals surface area contributed by atoms with Gasteiger partial charge in [0.2, 0.25) is 5.82 Å². The number of rotatable bonds is 20. The van der Waals surface area contributed by atoms with E-state index in [-0.39, 0.29) is 51.3 Å². The fourth-order valence-corrected chi connectivity index (χ4v) is 4.29. The van der Waals surface area contributed by atoms with Gasteiger partial charge in [0.15, 0.2) is 0 Å². The number of aromatic nitrogens is 2. The first-order valence-electron chi connectivity index (χ1n) is 14.6. The molecule has 2 atom stereocenters. The number of ether oxygens (including phenoxy) is 5. The van der Waals surface area contributed by atoms with E-state index < -0.39 is 29.9 Å². The van der Waals surface area contributed by atoms with Gasteiger partial charge in [0, 0.05) is 55.9 Å². The smallest absolute Gasteiger partial charge is 0.316 e. The zero-order chi connectivity index (χ0) is 32.2. The van der Waals surface area contributed by atoms with Gasteiger partial charge in [0.1, 0.15) is 31.8 Å². The molecule has 1 fully saturated rings. The van der Waals surface area contributed by atoms with Gasteiger partial charge in [0.05, 0.1) is 24.9 Å². The minimum absolute atomic E-state index is 0.0267. The maximum absolute atomic E-state index is 13.4. The Morgan fingerprint density at radius 2 is 1.80 bits per heavy atom. The van der Waals surface area contributed by atoms with Gasteiger partial charge in [-0.15, -0.1) is 16.7 Å². The number of hydrogen-bond acceptors (Lipinski definition) is 14. The van der Waals surface area contributed by atoms with Gasteiger partial charge in [-0.25, -0.2) is 0 Å². The van der Waals surface area contributed by atoms with Gasteiger partial charge < -0.3 is 33.9 Å². The first-order valence-corrected chi connectivity index (χ1v) is 15.3. The maximum Gasteiger partial charge on any atom is 0.316 e. The molecule has 0 bridgehead atoms. The number of nitrogens with zero attached hydrogens (tertiary/aromatic N) is 6. The number of terminal acetylenes is 1. The van der Waals surface area contributed by atoms with E-state index in [1.165, 1.54) is 0 Å². The van der Waals surface area contributed by atoms with E-state index in [2.05, 4.69) is 30.0 Å². The molecule has 0 aromatic carbocycles. The first-order chi connectivity index (χ1) is 21.1. The molecule has 2 rings (SSSR count). The monoisotopic (exact) mass is 637 g/mol. The second kappa shape index (κ2) is 20.3. The number of nitrogens with one attached hydrogen (secondary N) is 1. The van der Waals surface area contributed by atoms with Gasteiger partial charge in [-0.3, -0.25) is 14.4 Å². The van der Waals surface area contributed by atoms with E-state index >= 15 is 0 Å². The Bertz CT molecular complexity index is 1120. The maximum atomic E-state index is 13.4. The van der Waals surface area contributed by atoms with Crippen LogP contribution in [0.15, 0.2) is 5.11 Å². The van der Waals surface area contributed by atoms with E-state index in [4.69, 9.17) is 35.6 Å². The fourth-order valence-electron chi connectivity index (χ4n) is 3.77. The Balaban J connectivity index is 2.06. The molecule has 1 aromatic heterocycles. The quantitative estimate of drug-likeness (QED) is 0.0419. The highest BCUT2D eigenvalue weighted by atomic mass is 32.1. The normalized spacial score (nSPS) is 14.5. The lowest BCUT2D eigenvalue weighted by molar-refractivity contribution is -0.165. The van der Waals surface area contributed by atoms with E-state index in [1.54, 1.807) is 0 Å². The second-order valence-electron chi connectivity index (χ2n) is 11.0. The molecule has 1 saturated heterocycles. The van der Waals surface area contributed by atoms with Crippen LogP contribution in [0.1, 0.15) is 59.3 Å². The SMILES string of the molecule is C#CCCCC(=O)OCC(COC(=O)CCCCN=[N+]=[N-])C(=O)O[C@@H](CNC(C)(C)C)COc1nsnc1N1CCOCC1. The summed E-state index contributed by atoms with van der Waals surface area (Å²) < 4.78 is 36.5. The van der Waals surface area contributed by atoms with Gasteiger partial charge in [-0.1, -0.05) is 5.11 Å². The number of carbonyl (C=O) groups is 3. The molecule has 1 aliphatic heterocycles. The molecular weight excluding hydrogens is 594 g/mol. The van der Waals surface area contributed by atoms with Crippen molar-refractivity contribution in [2.45, 2.75) is 70.9 Å². The van der Waals surface area contributed by atoms with Crippen molar-refractivity contribution in [2.75, 3.05) is 64.1 Å². The number of hydrogen-bond donors (Lipinski definition) is 1. The predicted octanol–water partition coefficient (Wildman–Crippen LogP) is 3.04. The molecule has 16 heteroatoms. The standard InChI is InChI=1S/C28H43N7O8S/c1-5-6-7-10-23(36)40-18-21(19-41-24(37)11-8-9-12-31-34-29)27(38)43-22(17-30-28(2,3)4)20-42-26-25(32-44-33-26)35-13-15-39-16-14-35/h1,21-22,30H,6-20H2,2-4H3/t21?,22-/m0/s1. The molecular formula is C28H43N7O8S. The lowest BCUT2D eigenvalue weighted by atomic mass is 10.1. The molecule has 0 amide bonds. The molecule has 0 radical (unpaired) electrons. The highest BCUT2D eigenvalue weighted by molar-refractivity contribution is 6.99. The van der Waals surface area contributed by atoms with Gasteiger partial charge in [0.25, 0.3) is 5.88 Å². The van der Waals surface area contributed by atoms with Crippen LogP contribution in [-0.4, -0.2) is 97.5 Å². The summed E-state index contributed by atoms with van der Waals surface area (Å²) >= 11 is 1.02. The molecule has 15 nitrogen and oxygen atoms in total. The number of esters is 3. The molecule has 0 aliphatic carbocycles. The number of carbonyl (C=O) groups excluding carboxylic acids is 3. The molecule has 1 N–H and O–H groups in total. The van der Waals surface area contributed by atoms with Crippen LogP contribution in [0.5, 0.6) is 5.88 Å². The molecule has 0 saturated carbocycles. The third kappa shape index (κ3) is 15.2. The molecule has 44 heavy (non-hydrogen) atoms. The summed E-state index contributed by atoms with van der Waals surface area (Å²) in [6.07, 6.45) is 6.49. The summed E-state index contributed by atoms with van der Waals surface area (Å²) in [5.41, 5.74) is 8.08. The number of morpholine rings is 1.